The van der Waals surface area contributed by atoms with Crippen LogP contribution in [0.4, 0.5) is 0 Å². The van der Waals surface area contributed by atoms with Crippen LogP contribution in [0.3, 0.4) is 0 Å². The normalized spacial score (nSPS) is 17.7. The number of alkyl halides is 1. The van der Waals surface area contributed by atoms with Crippen LogP contribution in [0.15, 0.2) is 18.2 Å². The molecule has 0 aliphatic heterocycles. The first-order chi connectivity index (χ1) is 8.34. The molecule has 0 aromatic heterocycles. The molecular formula is C14H19BrO2S. The highest BCUT2D eigenvalue weighted by molar-refractivity contribution is 9.09. The second kappa shape index (κ2) is 4.97. The van der Waals surface area contributed by atoms with Gasteiger partial charge in [-0.2, -0.15) is 0 Å². The van der Waals surface area contributed by atoms with Crippen LogP contribution in [-0.2, 0) is 15.6 Å². The molecule has 1 aliphatic carbocycles. The Bertz CT molecular complexity index is 525. The lowest BCUT2D eigenvalue weighted by Crippen LogP contribution is -2.20. The SMILES string of the molecule is Cc1cc(C)cc(CS(=O)(=O)CC2(CBr)CC2)c1. The van der Waals surface area contributed by atoms with Gasteiger partial charge in [-0.1, -0.05) is 45.3 Å². The highest BCUT2D eigenvalue weighted by Gasteiger charge is 2.44. The van der Waals surface area contributed by atoms with Crippen molar-refractivity contribution in [1.29, 1.82) is 0 Å². The molecule has 100 valence electrons. The number of aryl methyl sites for hydroxylation is 2. The monoisotopic (exact) mass is 330 g/mol. The predicted molar refractivity (Wildman–Crippen MR) is 78.9 cm³/mol. The van der Waals surface area contributed by atoms with E-state index in [0.29, 0.717) is 5.75 Å². The second-order valence-corrected chi connectivity index (χ2v) is 8.29. The lowest BCUT2D eigenvalue weighted by molar-refractivity contribution is 0.571. The first kappa shape index (κ1) is 14.1. The summed E-state index contributed by atoms with van der Waals surface area (Å²) in [6.45, 7) is 4.01. The van der Waals surface area contributed by atoms with Gasteiger partial charge in [0.05, 0.1) is 11.5 Å². The molecule has 0 spiro atoms. The third kappa shape index (κ3) is 3.58. The van der Waals surface area contributed by atoms with Crippen molar-refractivity contribution in [2.24, 2.45) is 5.41 Å². The van der Waals surface area contributed by atoms with Crippen LogP contribution < -0.4 is 0 Å². The van der Waals surface area contributed by atoms with Crippen molar-refractivity contribution in [1.82, 2.24) is 0 Å². The van der Waals surface area contributed by atoms with Crippen molar-refractivity contribution in [3.63, 3.8) is 0 Å². The zero-order chi connectivity index (χ0) is 13.4. The molecule has 0 unspecified atom stereocenters. The van der Waals surface area contributed by atoms with Crippen LogP contribution in [0, 0.1) is 19.3 Å². The Morgan fingerprint density at radius 3 is 2.17 bits per heavy atom. The smallest absolute Gasteiger partial charge is 0.155 e. The molecule has 0 saturated heterocycles. The molecule has 0 atom stereocenters. The van der Waals surface area contributed by atoms with Gasteiger partial charge in [0.15, 0.2) is 9.84 Å². The molecule has 4 heteroatoms. The topological polar surface area (TPSA) is 34.1 Å². The van der Waals surface area contributed by atoms with Crippen molar-refractivity contribution >= 4 is 25.8 Å². The summed E-state index contributed by atoms with van der Waals surface area (Å²) < 4.78 is 24.4. The molecule has 0 radical (unpaired) electrons. The molecule has 0 N–H and O–H groups in total. The van der Waals surface area contributed by atoms with E-state index >= 15 is 0 Å². The van der Waals surface area contributed by atoms with Gasteiger partial charge in [0.2, 0.25) is 0 Å². The largest absolute Gasteiger partial charge is 0.228 e. The van der Waals surface area contributed by atoms with Crippen molar-refractivity contribution in [3.8, 4) is 0 Å². The van der Waals surface area contributed by atoms with E-state index in [9.17, 15) is 8.42 Å². The van der Waals surface area contributed by atoms with Gasteiger partial charge in [0.1, 0.15) is 0 Å². The fourth-order valence-electron chi connectivity index (χ4n) is 2.42. The van der Waals surface area contributed by atoms with E-state index in [0.717, 1.165) is 34.9 Å². The summed E-state index contributed by atoms with van der Waals surface area (Å²) in [6.07, 6.45) is 2.06. The first-order valence-electron chi connectivity index (χ1n) is 6.18. The molecule has 18 heavy (non-hydrogen) atoms. The highest BCUT2D eigenvalue weighted by Crippen LogP contribution is 2.48. The van der Waals surface area contributed by atoms with Gasteiger partial charge in [-0.3, -0.25) is 0 Å². The molecular weight excluding hydrogens is 312 g/mol. The lowest BCUT2D eigenvalue weighted by atomic mass is 10.1. The Morgan fingerprint density at radius 1 is 1.17 bits per heavy atom. The number of hydrogen-bond donors (Lipinski definition) is 0. The third-order valence-electron chi connectivity index (χ3n) is 3.43. The highest BCUT2D eigenvalue weighted by atomic mass is 79.9. The standard InChI is InChI=1S/C14H19BrO2S/c1-11-5-12(2)7-13(6-11)8-18(16,17)10-14(9-15)3-4-14/h5-7H,3-4,8-10H2,1-2H3. The van der Waals surface area contributed by atoms with Crippen LogP contribution >= 0.6 is 15.9 Å². The molecule has 1 aromatic carbocycles. The zero-order valence-corrected chi connectivity index (χ0v) is 13.3. The third-order valence-corrected chi connectivity index (χ3v) is 6.45. The van der Waals surface area contributed by atoms with Crippen LogP contribution in [0.5, 0.6) is 0 Å². The average molecular weight is 331 g/mol. The summed E-state index contributed by atoms with van der Waals surface area (Å²) in [4.78, 5) is 0. The molecule has 0 amide bonds. The van der Waals surface area contributed by atoms with E-state index in [1.807, 2.05) is 26.0 Å². The van der Waals surface area contributed by atoms with Gasteiger partial charge in [0, 0.05) is 5.33 Å². The van der Waals surface area contributed by atoms with Crippen molar-refractivity contribution in [3.05, 3.63) is 34.9 Å². The van der Waals surface area contributed by atoms with E-state index in [1.54, 1.807) is 0 Å². The van der Waals surface area contributed by atoms with E-state index in [1.165, 1.54) is 0 Å². The van der Waals surface area contributed by atoms with E-state index in [-0.39, 0.29) is 11.2 Å². The lowest BCUT2D eigenvalue weighted by Gasteiger charge is -2.12. The van der Waals surface area contributed by atoms with Crippen molar-refractivity contribution in [2.75, 3.05) is 11.1 Å². The fraction of sp³-hybridized carbons (Fsp3) is 0.571. The molecule has 2 nitrogen and oxygen atoms in total. The maximum Gasteiger partial charge on any atom is 0.155 e. The van der Waals surface area contributed by atoms with Crippen LogP contribution in [-0.4, -0.2) is 19.5 Å². The van der Waals surface area contributed by atoms with E-state index < -0.39 is 9.84 Å². The van der Waals surface area contributed by atoms with Gasteiger partial charge in [-0.15, -0.1) is 0 Å². The number of benzene rings is 1. The quantitative estimate of drug-likeness (QED) is 0.775. The molecule has 1 fully saturated rings. The maximum absolute atomic E-state index is 12.2. The van der Waals surface area contributed by atoms with Gasteiger partial charge in [-0.05, 0) is 37.7 Å². The predicted octanol–water partition coefficient (Wildman–Crippen LogP) is 3.39. The average Bonchev–Trinajstić information content (AvgIpc) is 2.94. The summed E-state index contributed by atoms with van der Waals surface area (Å²) in [6, 6.07) is 6.01. The van der Waals surface area contributed by atoms with Gasteiger partial charge in [0.25, 0.3) is 0 Å². The summed E-state index contributed by atoms with van der Waals surface area (Å²) in [5.74, 6) is 0.489. The molecule has 1 aromatic rings. The minimum atomic E-state index is -3.01. The Balaban J connectivity index is 2.12. The van der Waals surface area contributed by atoms with Crippen LogP contribution in [0.25, 0.3) is 0 Å². The minimum absolute atomic E-state index is 0.0255. The zero-order valence-electron chi connectivity index (χ0n) is 10.9. The summed E-state index contributed by atoms with van der Waals surface area (Å²) in [5.41, 5.74) is 3.19. The van der Waals surface area contributed by atoms with E-state index in [4.69, 9.17) is 0 Å². The van der Waals surface area contributed by atoms with Crippen LogP contribution in [0.2, 0.25) is 0 Å². The molecule has 1 aliphatic rings. The second-order valence-electron chi connectivity index (χ2n) is 5.66. The molecule has 0 bridgehead atoms. The number of sulfone groups is 1. The van der Waals surface area contributed by atoms with Crippen molar-refractivity contribution < 1.29 is 8.42 Å². The van der Waals surface area contributed by atoms with Crippen molar-refractivity contribution in [2.45, 2.75) is 32.4 Å². The minimum Gasteiger partial charge on any atom is -0.228 e. The molecule has 2 rings (SSSR count). The van der Waals surface area contributed by atoms with Gasteiger partial charge in [-0.25, -0.2) is 8.42 Å². The first-order valence-corrected chi connectivity index (χ1v) is 9.12. The van der Waals surface area contributed by atoms with E-state index in [2.05, 4.69) is 22.0 Å². The Kier molecular flexibility index (Phi) is 3.88. The number of hydrogen-bond acceptors (Lipinski definition) is 2. The summed E-state index contributed by atoms with van der Waals surface area (Å²) in [5, 5.41) is 0.798. The number of rotatable bonds is 5. The Morgan fingerprint density at radius 2 is 1.72 bits per heavy atom. The summed E-state index contributed by atoms with van der Waals surface area (Å²) >= 11 is 3.43. The summed E-state index contributed by atoms with van der Waals surface area (Å²) in [7, 11) is -3.01. The van der Waals surface area contributed by atoms with Gasteiger partial charge >= 0.3 is 0 Å². The fourth-order valence-corrected chi connectivity index (χ4v) is 5.54. The molecule has 0 heterocycles. The molecule has 1 saturated carbocycles. The van der Waals surface area contributed by atoms with Crippen LogP contribution in [0.1, 0.15) is 29.5 Å². The number of halogens is 1. The Hall–Kier alpha value is -0.350. The Labute approximate surface area is 118 Å². The maximum atomic E-state index is 12.2. The van der Waals surface area contributed by atoms with Gasteiger partial charge < -0.3 is 0 Å².